The Labute approximate surface area is 75.2 Å². The Morgan fingerprint density at radius 1 is 1.70 bits per heavy atom. The number of amides is 1. The fourth-order valence-corrected chi connectivity index (χ4v) is 0.763. The van der Waals surface area contributed by atoms with E-state index in [0.29, 0.717) is 0 Å². The highest BCUT2D eigenvalue weighted by Gasteiger charge is 1.92. The van der Waals surface area contributed by atoms with Crippen molar-refractivity contribution in [1.82, 2.24) is 5.32 Å². The monoisotopic (exact) mass is 253 g/mol. The molecule has 10 heavy (non-hydrogen) atoms. The van der Waals surface area contributed by atoms with E-state index < -0.39 is 0 Å². The van der Waals surface area contributed by atoms with Crippen LogP contribution in [0.1, 0.15) is 20.3 Å². The number of carbonyl (C=O) groups is 1. The maximum atomic E-state index is 10.8. The SMILES string of the molecule is CCCNC(=O)/C=C(\C)I. The molecule has 0 aliphatic heterocycles. The number of nitrogens with one attached hydrogen (secondary N) is 1. The van der Waals surface area contributed by atoms with Crippen molar-refractivity contribution < 1.29 is 4.79 Å². The highest BCUT2D eigenvalue weighted by molar-refractivity contribution is 14.1. The van der Waals surface area contributed by atoms with Gasteiger partial charge in [-0.2, -0.15) is 0 Å². The zero-order chi connectivity index (χ0) is 7.98. The maximum absolute atomic E-state index is 10.8. The van der Waals surface area contributed by atoms with Crippen LogP contribution in [0.25, 0.3) is 0 Å². The number of allylic oxidation sites excluding steroid dienone is 1. The normalized spacial score (nSPS) is 11.3. The number of halogens is 1. The van der Waals surface area contributed by atoms with Gasteiger partial charge < -0.3 is 5.32 Å². The molecule has 0 saturated heterocycles. The Morgan fingerprint density at radius 3 is 2.70 bits per heavy atom. The first kappa shape index (κ1) is 9.94. The summed E-state index contributed by atoms with van der Waals surface area (Å²) in [6.07, 6.45) is 2.58. The summed E-state index contributed by atoms with van der Waals surface area (Å²) in [6, 6.07) is 0. The molecule has 3 heteroatoms. The molecule has 0 unspecified atom stereocenters. The predicted octanol–water partition coefficient (Wildman–Crippen LogP) is 1.85. The Hall–Kier alpha value is -0.0600. The molecule has 0 atom stereocenters. The van der Waals surface area contributed by atoms with Crippen molar-refractivity contribution in [3.05, 3.63) is 9.66 Å². The van der Waals surface area contributed by atoms with Crippen LogP contribution in [0, 0.1) is 0 Å². The van der Waals surface area contributed by atoms with Gasteiger partial charge in [-0.3, -0.25) is 4.79 Å². The second-order valence-electron chi connectivity index (χ2n) is 2.02. The van der Waals surface area contributed by atoms with Crippen LogP contribution in [-0.2, 0) is 4.79 Å². The minimum absolute atomic E-state index is 0.00810. The first-order valence-corrected chi connectivity index (χ1v) is 4.36. The lowest BCUT2D eigenvalue weighted by Gasteiger charge is -1.96. The van der Waals surface area contributed by atoms with E-state index in [1.165, 1.54) is 0 Å². The lowest BCUT2D eigenvalue weighted by molar-refractivity contribution is -0.116. The number of carbonyl (C=O) groups excluding carboxylic acids is 1. The predicted molar refractivity (Wildman–Crippen MR) is 51.1 cm³/mol. The Kier molecular flexibility index (Phi) is 5.67. The van der Waals surface area contributed by atoms with Crippen molar-refractivity contribution in [2.24, 2.45) is 0 Å². The van der Waals surface area contributed by atoms with Gasteiger partial charge >= 0.3 is 0 Å². The molecule has 0 bridgehead atoms. The molecule has 0 rings (SSSR count). The second-order valence-corrected chi connectivity index (χ2v) is 3.72. The largest absolute Gasteiger partial charge is 0.353 e. The molecule has 0 radical (unpaired) electrons. The van der Waals surface area contributed by atoms with E-state index in [-0.39, 0.29) is 5.91 Å². The molecule has 58 valence electrons. The molecule has 0 aliphatic carbocycles. The van der Waals surface area contributed by atoms with Gasteiger partial charge in [0.05, 0.1) is 0 Å². The van der Waals surface area contributed by atoms with Crippen molar-refractivity contribution >= 4 is 28.5 Å². The maximum Gasteiger partial charge on any atom is 0.244 e. The smallest absolute Gasteiger partial charge is 0.244 e. The molecule has 0 fully saturated rings. The zero-order valence-electron chi connectivity index (χ0n) is 6.28. The van der Waals surface area contributed by atoms with Gasteiger partial charge in [-0.15, -0.1) is 0 Å². The highest BCUT2D eigenvalue weighted by atomic mass is 127. The van der Waals surface area contributed by atoms with Gasteiger partial charge in [0.2, 0.25) is 5.91 Å². The summed E-state index contributed by atoms with van der Waals surface area (Å²) in [5, 5.41) is 2.74. The van der Waals surface area contributed by atoms with Crippen molar-refractivity contribution in [2.75, 3.05) is 6.54 Å². The van der Waals surface area contributed by atoms with Crippen molar-refractivity contribution in [1.29, 1.82) is 0 Å². The lowest BCUT2D eigenvalue weighted by Crippen LogP contribution is -2.21. The van der Waals surface area contributed by atoms with Crippen LogP contribution >= 0.6 is 22.6 Å². The van der Waals surface area contributed by atoms with Crippen LogP contribution < -0.4 is 5.32 Å². The van der Waals surface area contributed by atoms with E-state index in [0.717, 1.165) is 16.5 Å². The number of hydrogen-bond acceptors (Lipinski definition) is 1. The average Bonchev–Trinajstić information content (AvgIpc) is 1.82. The van der Waals surface area contributed by atoms with E-state index in [1.54, 1.807) is 6.08 Å². The van der Waals surface area contributed by atoms with Gasteiger partial charge in [-0.05, 0) is 39.5 Å². The topological polar surface area (TPSA) is 29.1 Å². The van der Waals surface area contributed by atoms with Crippen LogP contribution in [0.15, 0.2) is 9.66 Å². The summed E-state index contributed by atoms with van der Waals surface area (Å²) < 4.78 is 1.01. The molecule has 2 nitrogen and oxygen atoms in total. The molecular formula is C7H12INO. The van der Waals surface area contributed by atoms with Crippen LogP contribution in [0.2, 0.25) is 0 Å². The van der Waals surface area contributed by atoms with E-state index in [2.05, 4.69) is 27.9 Å². The van der Waals surface area contributed by atoms with Gasteiger partial charge in [0, 0.05) is 12.6 Å². The van der Waals surface area contributed by atoms with Gasteiger partial charge in [0.25, 0.3) is 0 Å². The third kappa shape index (κ3) is 6.07. The minimum Gasteiger partial charge on any atom is -0.353 e. The van der Waals surface area contributed by atoms with Crippen molar-refractivity contribution in [3.63, 3.8) is 0 Å². The van der Waals surface area contributed by atoms with Crippen molar-refractivity contribution in [2.45, 2.75) is 20.3 Å². The lowest BCUT2D eigenvalue weighted by atomic mass is 10.4. The number of hydrogen-bond donors (Lipinski definition) is 1. The average molecular weight is 253 g/mol. The van der Waals surface area contributed by atoms with Crippen LogP contribution in [0.3, 0.4) is 0 Å². The quantitative estimate of drug-likeness (QED) is 0.603. The van der Waals surface area contributed by atoms with Crippen LogP contribution in [0.5, 0.6) is 0 Å². The number of rotatable bonds is 3. The third-order valence-corrected chi connectivity index (χ3v) is 1.19. The van der Waals surface area contributed by atoms with Gasteiger partial charge in [0.1, 0.15) is 0 Å². The third-order valence-electron chi connectivity index (χ3n) is 0.879. The summed E-state index contributed by atoms with van der Waals surface area (Å²) in [5.74, 6) is 0.00810. The molecule has 0 aromatic carbocycles. The summed E-state index contributed by atoms with van der Waals surface area (Å²) in [7, 11) is 0. The molecule has 0 saturated carbocycles. The Morgan fingerprint density at radius 2 is 2.30 bits per heavy atom. The second kappa shape index (κ2) is 5.70. The summed E-state index contributed by atoms with van der Waals surface area (Å²) in [6.45, 7) is 4.69. The molecule has 1 amide bonds. The summed E-state index contributed by atoms with van der Waals surface area (Å²) in [4.78, 5) is 10.8. The fourth-order valence-electron chi connectivity index (χ4n) is 0.480. The first-order chi connectivity index (χ1) is 4.66. The van der Waals surface area contributed by atoms with E-state index >= 15 is 0 Å². The molecule has 0 aromatic rings. The van der Waals surface area contributed by atoms with Gasteiger partial charge in [-0.25, -0.2) is 0 Å². The molecule has 0 aliphatic rings. The fraction of sp³-hybridized carbons (Fsp3) is 0.571. The summed E-state index contributed by atoms with van der Waals surface area (Å²) in [5.41, 5.74) is 0. The highest BCUT2D eigenvalue weighted by Crippen LogP contribution is 2.01. The zero-order valence-corrected chi connectivity index (χ0v) is 8.44. The standard InChI is InChI=1S/C7H12INO/c1-3-4-9-7(10)5-6(2)8/h5H,3-4H2,1-2H3,(H,9,10)/b6-5+. The van der Waals surface area contributed by atoms with Gasteiger partial charge in [0.15, 0.2) is 0 Å². The van der Waals surface area contributed by atoms with Gasteiger partial charge in [-0.1, -0.05) is 6.92 Å². The summed E-state index contributed by atoms with van der Waals surface area (Å²) >= 11 is 2.11. The van der Waals surface area contributed by atoms with E-state index in [9.17, 15) is 4.79 Å². The minimum atomic E-state index is 0.00810. The van der Waals surface area contributed by atoms with E-state index in [1.807, 2.05) is 13.8 Å². The first-order valence-electron chi connectivity index (χ1n) is 3.28. The van der Waals surface area contributed by atoms with Crippen LogP contribution in [-0.4, -0.2) is 12.5 Å². The molecular weight excluding hydrogens is 241 g/mol. The van der Waals surface area contributed by atoms with Crippen LogP contribution in [0.4, 0.5) is 0 Å². The molecule has 0 heterocycles. The Bertz CT molecular complexity index is 139. The molecule has 1 N–H and O–H groups in total. The Balaban J connectivity index is 3.54. The van der Waals surface area contributed by atoms with Crippen molar-refractivity contribution in [3.8, 4) is 0 Å². The molecule has 0 aromatic heterocycles. The molecule has 0 spiro atoms. The van der Waals surface area contributed by atoms with E-state index in [4.69, 9.17) is 0 Å².